The van der Waals surface area contributed by atoms with Gasteiger partial charge in [-0.1, -0.05) is 24.3 Å². The number of fused-ring (bicyclic) bond motifs is 1. The number of hydrogen-bond acceptors (Lipinski definition) is 4. The quantitative estimate of drug-likeness (QED) is 0.911. The van der Waals surface area contributed by atoms with E-state index in [9.17, 15) is 10.2 Å². The number of β-amino-alcohol motifs (C(OH)–C–C–N with tert-alkyl or cyclic N) is 1. The van der Waals surface area contributed by atoms with Gasteiger partial charge in [-0.25, -0.2) is 0 Å². The van der Waals surface area contributed by atoms with Crippen molar-refractivity contribution in [3.8, 4) is 11.5 Å². The zero-order valence-corrected chi connectivity index (χ0v) is 12.7. The molecular formula is C18H21NO3. The first-order chi connectivity index (χ1) is 10.7. The zero-order chi connectivity index (χ0) is 15.5. The average Bonchev–Trinajstić information content (AvgIpc) is 2.49. The second kappa shape index (κ2) is 6.28. The molecule has 0 spiro atoms. The fourth-order valence-electron chi connectivity index (χ4n) is 2.94. The van der Waals surface area contributed by atoms with Gasteiger partial charge in [0.1, 0.15) is 17.6 Å². The summed E-state index contributed by atoms with van der Waals surface area (Å²) in [7, 11) is 0. The maximum Gasteiger partial charge on any atom is 0.146 e. The molecule has 0 radical (unpaired) electrons. The van der Waals surface area contributed by atoms with Crippen molar-refractivity contribution in [3.63, 3.8) is 0 Å². The Morgan fingerprint density at radius 3 is 2.82 bits per heavy atom. The van der Waals surface area contributed by atoms with E-state index in [4.69, 9.17) is 4.74 Å². The smallest absolute Gasteiger partial charge is 0.146 e. The highest BCUT2D eigenvalue weighted by atomic mass is 16.5. The van der Waals surface area contributed by atoms with Gasteiger partial charge in [-0.2, -0.15) is 0 Å². The SMILES string of the molecule is Cc1ccccc1CC1CN(CCO)c2ccc(O)cc2O1. The minimum Gasteiger partial charge on any atom is -0.508 e. The molecule has 116 valence electrons. The van der Waals surface area contributed by atoms with Crippen LogP contribution in [-0.4, -0.2) is 36.0 Å². The lowest BCUT2D eigenvalue weighted by Crippen LogP contribution is -2.42. The van der Waals surface area contributed by atoms with Crippen molar-refractivity contribution in [2.45, 2.75) is 19.4 Å². The highest BCUT2D eigenvalue weighted by molar-refractivity contribution is 5.62. The molecule has 0 saturated carbocycles. The normalized spacial score (nSPS) is 17.0. The first-order valence-corrected chi connectivity index (χ1v) is 7.57. The van der Waals surface area contributed by atoms with E-state index in [1.165, 1.54) is 11.1 Å². The highest BCUT2D eigenvalue weighted by Gasteiger charge is 2.26. The predicted molar refractivity (Wildman–Crippen MR) is 86.7 cm³/mol. The molecule has 2 aromatic carbocycles. The lowest BCUT2D eigenvalue weighted by molar-refractivity contribution is 0.188. The Morgan fingerprint density at radius 2 is 2.05 bits per heavy atom. The molecule has 3 rings (SSSR count). The molecule has 0 aromatic heterocycles. The summed E-state index contributed by atoms with van der Waals surface area (Å²) < 4.78 is 6.06. The summed E-state index contributed by atoms with van der Waals surface area (Å²) >= 11 is 0. The van der Waals surface area contributed by atoms with Crippen LogP contribution < -0.4 is 9.64 Å². The molecule has 0 fully saturated rings. The molecule has 0 amide bonds. The van der Waals surface area contributed by atoms with Crippen molar-refractivity contribution in [3.05, 3.63) is 53.6 Å². The minimum atomic E-state index is 0.00181. The highest BCUT2D eigenvalue weighted by Crippen LogP contribution is 2.36. The molecule has 2 N–H and O–H groups in total. The number of aryl methyl sites for hydroxylation is 1. The second-order valence-electron chi connectivity index (χ2n) is 5.69. The number of rotatable bonds is 4. The van der Waals surface area contributed by atoms with E-state index in [1.54, 1.807) is 12.1 Å². The molecule has 1 atom stereocenters. The minimum absolute atomic E-state index is 0.00181. The lowest BCUT2D eigenvalue weighted by atomic mass is 10.0. The predicted octanol–water partition coefficient (Wildman–Crippen LogP) is 2.50. The van der Waals surface area contributed by atoms with Gasteiger partial charge in [0.05, 0.1) is 18.8 Å². The van der Waals surface area contributed by atoms with Gasteiger partial charge in [-0.15, -0.1) is 0 Å². The number of phenols is 1. The number of ether oxygens (including phenoxy) is 1. The molecule has 0 saturated heterocycles. The number of aliphatic hydroxyl groups is 1. The summed E-state index contributed by atoms with van der Waals surface area (Å²) in [5.74, 6) is 0.873. The van der Waals surface area contributed by atoms with Crippen molar-refractivity contribution < 1.29 is 14.9 Å². The third-order valence-corrected chi connectivity index (χ3v) is 4.08. The molecule has 0 bridgehead atoms. The van der Waals surface area contributed by atoms with Crippen LogP contribution in [0.25, 0.3) is 0 Å². The first kappa shape index (κ1) is 14.7. The number of nitrogens with zero attached hydrogens (tertiary/aromatic N) is 1. The fourth-order valence-corrected chi connectivity index (χ4v) is 2.94. The van der Waals surface area contributed by atoms with Gasteiger partial charge < -0.3 is 19.8 Å². The monoisotopic (exact) mass is 299 g/mol. The molecule has 22 heavy (non-hydrogen) atoms. The van der Waals surface area contributed by atoms with Gasteiger partial charge in [0.2, 0.25) is 0 Å². The molecule has 0 aliphatic carbocycles. The van der Waals surface area contributed by atoms with Crippen LogP contribution in [0.15, 0.2) is 42.5 Å². The van der Waals surface area contributed by atoms with E-state index in [2.05, 4.69) is 24.0 Å². The van der Waals surface area contributed by atoms with E-state index < -0.39 is 0 Å². The van der Waals surface area contributed by atoms with E-state index in [-0.39, 0.29) is 18.5 Å². The van der Waals surface area contributed by atoms with E-state index >= 15 is 0 Å². The van der Waals surface area contributed by atoms with Crippen molar-refractivity contribution in [1.29, 1.82) is 0 Å². The van der Waals surface area contributed by atoms with Crippen LogP contribution in [0.5, 0.6) is 11.5 Å². The van der Waals surface area contributed by atoms with Crippen molar-refractivity contribution in [2.75, 3.05) is 24.6 Å². The summed E-state index contributed by atoms with van der Waals surface area (Å²) in [5.41, 5.74) is 3.44. The summed E-state index contributed by atoms with van der Waals surface area (Å²) in [6, 6.07) is 13.4. The van der Waals surface area contributed by atoms with E-state index in [0.29, 0.717) is 12.3 Å². The Balaban J connectivity index is 1.84. The molecule has 1 heterocycles. The zero-order valence-electron chi connectivity index (χ0n) is 12.7. The van der Waals surface area contributed by atoms with E-state index in [1.807, 2.05) is 18.2 Å². The average molecular weight is 299 g/mol. The van der Waals surface area contributed by atoms with Gasteiger partial charge in [0, 0.05) is 19.0 Å². The molecule has 1 aliphatic rings. The van der Waals surface area contributed by atoms with Gasteiger partial charge in [-0.3, -0.25) is 0 Å². The fraction of sp³-hybridized carbons (Fsp3) is 0.333. The summed E-state index contributed by atoms with van der Waals surface area (Å²) in [6.07, 6.45) is 0.811. The van der Waals surface area contributed by atoms with Crippen molar-refractivity contribution >= 4 is 5.69 Å². The van der Waals surface area contributed by atoms with Crippen molar-refractivity contribution in [2.24, 2.45) is 0 Å². The number of aliphatic hydroxyl groups excluding tert-OH is 1. The molecule has 2 aromatic rings. The molecule has 4 heteroatoms. The first-order valence-electron chi connectivity index (χ1n) is 7.57. The van der Waals surface area contributed by atoms with Crippen LogP contribution in [0.1, 0.15) is 11.1 Å². The Hall–Kier alpha value is -2.20. The Morgan fingerprint density at radius 1 is 1.23 bits per heavy atom. The van der Waals surface area contributed by atoms with E-state index in [0.717, 1.165) is 18.7 Å². The molecule has 1 unspecified atom stereocenters. The topological polar surface area (TPSA) is 52.9 Å². The second-order valence-corrected chi connectivity index (χ2v) is 5.69. The summed E-state index contributed by atoms with van der Waals surface area (Å²) in [4.78, 5) is 2.11. The van der Waals surface area contributed by atoms with Crippen molar-refractivity contribution in [1.82, 2.24) is 0 Å². The van der Waals surface area contributed by atoms with Crippen LogP contribution in [0, 0.1) is 6.92 Å². The Kier molecular flexibility index (Phi) is 4.20. The standard InChI is InChI=1S/C18H21NO3/c1-13-4-2-3-5-14(13)10-16-12-19(8-9-20)17-7-6-15(21)11-18(17)22-16/h2-7,11,16,20-21H,8-10,12H2,1H3. The molecule has 4 nitrogen and oxygen atoms in total. The van der Waals surface area contributed by atoms with Gasteiger partial charge >= 0.3 is 0 Å². The molecular weight excluding hydrogens is 278 g/mol. The number of hydrogen-bond donors (Lipinski definition) is 2. The summed E-state index contributed by atoms with van der Waals surface area (Å²) in [6.45, 7) is 3.49. The van der Waals surface area contributed by atoms with Crippen LogP contribution in [0.3, 0.4) is 0 Å². The maximum absolute atomic E-state index is 9.68. The van der Waals surface area contributed by atoms with Crippen LogP contribution in [0.4, 0.5) is 5.69 Å². The number of anilines is 1. The third kappa shape index (κ3) is 3.02. The number of phenolic OH excluding ortho intramolecular Hbond substituents is 1. The Labute approximate surface area is 130 Å². The van der Waals surface area contributed by atoms with Crippen LogP contribution in [-0.2, 0) is 6.42 Å². The maximum atomic E-state index is 9.68. The largest absolute Gasteiger partial charge is 0.508 e. The third-order valence-electron chi connectivity index (χ3n) is 4.08. The van der Waals surface area contributed by atoms with Gasteiger partial charge in [0.15, 0.2) is 0 Å². The van der Waals surface area contributed by atoms with Gasteiger partial charge in [0.25, 0.3) is 0 Å². The van der Waals surface area contributed by atoms with Gasteiger partial charge in [-0.05, 0) is 30.2 Å². The number of benzene rings is 2. The Bertz CT molecular complexity index is 657. The lowest BCUT2D eigenvalue weighted by Gasteiger charge is -2.36. The van der Waals surface area contributed by atoms with Crippen LogP contribution in [0.2, 0.25) is 0 Å². The summed E-state index contributed by atoms with van der Waals surface area (Å²) in [5, 5.41) is 19.0. The van der Waals surface area contributed by atoms with Crippen LogP contribution >= 0.6 is 0 Å². The number of aromatic hydroxyl groups is 1. The molecule has 1 aliphatic heterocycles.